The molecular formula is C18H35NNaO3+. The molecule has 0 bridgehead atoms. The Balaban J connectivity index is 0. The van der Waals surface area contributed by atoms with Crippen LogP contribution in [0.15, 0.2) is 0 Å². The summed E-state index contributed by atoms with van der Waals surface area (Å²) in [6.45, 7) is 2.56. The first-order chi connectivity index (χ1) is 10.6. The number of carboxylic acids is 1. The van der Waals surface area contributed by atoms with E-state index in [0.717, 1.165) is 12.8 Å². The third kappa shape index (κ3) is 18.1. The molecule has 0 aromatic carbocycles. The molecule has 130 valence electrons. The van der Waals surface area contributed by atoms with E-state index in [9.17, 15) is 9.59 Å². The Kier molecular flexibility index (Phi) is 20.0. The summed E-state index contributed by atoms with van der Waals surface area (Å²) >= 11 is 0. The van der Waals surface area contributed by atoms with E-state index in [4.69, 9.17) is 5.11 Å². The van der Waals surface area contributed by atoms with Crippen molar-refractivity contribution in [1.82, 2.24) is 4.90 Å². The van der Waals surface area contributed by atoms with Gasteiger partial charge in [-0.3, -0.25) is 9.59 Å². The number of carbonyl (C=O) groups is 2. The quantitative estimate of drug-likeness (QED) is 0.365. The fraction of sp³-hybridized carbons (Fsp3) is 0.889. The molecule has 0 spiro atoms. The van der Waals surface area contributed by atoms with Crippen molar-refractivity contribution in [2.75, 3.05) is 13.6 Å². The van der Waals surface area contributed by atoms with Crippen molar-refractivity contribution in [3.8, 4) is 0 Å². The fourth-order valence-electron chi connectivity index (χ4n) is 2.52. The molecule has 0 unspecified atom stereocenters. The molecule has 1 N–H and O–H groups in total. The number of unbranched alkanes of at least 4 members (excludes halogenated alkanes) is 10. The number of carbonyl (C=O) groups excluding carboxylic acids is 1. The Morgan fingerprint density at radius 1 is 0.783 bits per heavy atom. The SMILES string of the molecule is CCCCCCCCCCCCCC(=O)N(C)CCC(=O)O.[Na+]. The Hall–Kier alpha value is -0.0600. The second-order valence-corrected chi connectivity index (χ2v) is 6.24. The number of amides is 1. The summed E-state index contributed by atoms with van der Waals surface area (Å²) in [7, 11) is 1.68. The van der Waals surface area contributed by atoms with Crippen LogP contribution < -0.4 is 29.6 Å². The molecule has 0 atom stereocenters. The molecule has 23 heavy (non-hydrogen) atoms. The fourth-order valence-corrected chi connectivity index (χ4v) is 2.52. The van der Waals surface area contributed by atoms with Gasteiger partial charge in [0.1, 0.15) is 0 Å². The van der Waals surface area contributed by atoms with Gasteiger partial charge in [-0.05, 0) is 6.42 Å². The summed E-state index contributed by atoms with van der Waals surface area (Å²) in [5.74, 6) is -0.786. The molecule has 0 aromatic rings. The number of rotatable bonds is 15. The van der Waals surface area contributed by atoms with E-state index in [-0.39, 0.29) is 41.9 Å². The van der Waals surface area contributed by atoms with Gasteiger partial charge in [0.15, 0.2) is 0 Å². The monoisotopic (exact) mass is 336 g/mol. The van der Waals surface area contributed by atoms with Crippen LogP contribution in [0.4, 0.5) is 0 Å². The van der Waals surface area contributed by atoms with Gasteiger partial charge in [0.05, 0.1) is 6.42 Å². The Bertz CT molecular complexity index is 298. The summed E-state index contributed by atoms with van der Waals surface area (Å²) in [5.41, 5.74) is 0. The van der Waals surface area contributed by atoms with Crippen molar-refractivity contribution in [3.63, 3.8) is 0 Å². The van der Waals surface area contributed by atoms with Crippen molar-refractivity contribution < 1.29 is 44.3 Å². The minimum absolute atomic E-state index is 0. The standard InChI is InChI=1S/C18H35NO3.Na/c1-3-4-5-6-7-8-9-10-11-12-13-14-17(20)19(2)16-15-18(21)22;/h3-16H2,1-2H3,(H,21,22);/q;+1. The van der Waals surface area contributed by atoms with Crippen LogP contribution in [0.25, 0.3) is 0 Å². The van der Waals surface area contributed by atoms with E-state index in [2.05, 4.69) is 6.92 Å². The van der Waals surface area contributed by atoms with E-state index in [0.29, 0.717) is 13.0 Å². The summed E-state index contributed by atoms with van der Waals surface area (Å²) < 4.78 is 0. The van der Waals surface area contributed by atoms with Crippen LogP contribution in [-0.2, 0) is 9.59 Å². The normalized spacial score (nSPS) is 10.2. The zero-order valence-electron chi connectivity index (χ0n) is 15.6. The molecule has 0 fully saturated rings. The van der Waals surface area contributed by atoms with E-state index in [1.165, 1.54) is 62.7 Å². The minimum Gasteiger partial charge on any atom is -0.481 e. The maximum absolute atomic E-state index is 11.7. The molecule has 1 amide bonds. The van der Waals surface area contributed by atoms with Crippen molar-refractivity contribution in [3.05, 3.63) is 0 Å². The zero-order chi connectivity index (χ0) is 16.6. The van der Waals surface area contributed by atoms with Crippen molar-refractivity contribution >= 4 is 11.9 Å². The second kappa shape index (κ2) is 18.3. The van der Waals surface area contributed by atoms with E-state index in [1.54, 1.807) is 7.05 Å². The molecule has 0 aliphatic heterocycles. The third-order valence-corrected chi connectivity index (χ3v) is 4.08. The van der Waals surface area contributed by atoms with E-state index >= 15 is 0 Å². The topological polar surface area (TPSA) is 57.6 Å². The largest absolute Gasteiger partial charge is 1.00 e. The van der Waals surface area contributed by atoms with Gasteiger partial charge in [-0.2, -0.15) is 0 Å². The van der Waals surface area contributed by atoms with Crippen LogP contribution in [0.5, 0.6) is 0 Å². The van der Waals surface area contributed by atoms with Crippen molar-refractivity contribution in [2.45, 2.75) is 90.4 Å². The van der Waals surface area contributed by atoms with Crippen LogP contribution >= 0.6 is 0 Å². The van der Waals surface area contributed by atoms with Gasteiger partial charge >= 0.3 is 35.5 Å². The molecule has 4 nitrogen and oxygen atoms in total. The minimum atomic E-state index is -0.852. The van der Waals surface area contributed by atoms with Crippen LogP contribution in [0, 0.1) is 0 Å². The summed E-state index contributed by atoms with van der Waals surface area (Å²) in [6, 6.07) is 0. The molecule has 0 rings (SSSR count). The van der Waals surface area contributed by atoms with Crippen LogP contribution in [0.3, 0.4) is 0 Å². The van der Waals surface area contributed by atoms with Gasteiger partial charge in [0, 0.05) is 20.0 Å². The summed E-state index contributed by atoms with van der Waals surface area (Å²) in [6.07, 6.45) is 14.6. The van der Waals surface area contributed by atoms with Crippen LogP contribution in [0.1, 0.15) is 90.4 Å². The molecule has 0 aliphatic rings. The maximum Gasteiger partial charge on any atom is 1.00 e. The maximum atomic E-state index is 11.7. The Morgan fingerprint density at radius 2 is 1.22 bits per heavy atom. The van der Waals surface area contributed by atoms with Gasteiger partial charge in [-0.15, -0.1) is 0 Å². The number of carboxylic acid groups (broad SMARTS) is 1. The first-order valence-electron chi connectivity index (χ1n) is 9.03. The first kappa shape index (κ1) is 25.2. The van der Waals surface area contributed by atoms with Crippen molar-refractivity contribution in [2.24, 2.45) is 0 Å². The molecule has 5 heteroatoms. The Labute approximate surface area is 164 Å². The van der Waals surface area contributed by atoms with E-state index < -0.39 is 5.97 Å². The van der Waals surface area contributed by atoms with Gasteiger partial charge in [0.2, 0.25) is 5.91 Å². The van der Waals surface area contributed by atoms with E-state index in [1.807, 2.05) is 0 Å². The molecule has 0 heterocycles. The average Bonchev–Trinajstić information content (AvgIpc) is 2.49. The molecule has 0 saturated heterocycles. The zero-order valence-corrected chi connectivity index (χ0v) is 17.6. The number of hydrogen-bond donors (Lipinski definition) is 1. The van der Waals surface area contributed by atoms with Crippen LogP contribution in [0.2, 0.25) is 0 Å². The Morgan fingerprint density at radius 3 is 1.65 bits per heavy atom. The first-order valence-corrected chi connectivity index (χ1v) is 9.03. The average molecular weight is 336 g/mol. The smallest absolute Gasteiger partial charge is 0.481 e. The molecule has 0 radical (unpaired) electrons. The summed E-state index contributed by atoms with van der Waals surface area (Å²) in [5, 5.41) is 8.58. The van der Waals surface area contributed by atoms with Crippen molar-refractivity contribution in [1.29, 1.82) is 0 Å². The number of nitrogens with zero attached hydrogens (tertiary/aromatic N) is 1. The van der Waals surface area contributed by atoms with Gasteiger partial charge < -0.3 is 10.0 Å². The van der Waals surface area contributed by atoms with Gasteiger partial charge in [-0.1, -0.05) is 71.1 Å². The second-order valence-electron chi connectivity index (χ2n) is 6.24. The predicted octanol–water partition coefficient (Wildman–Crippen LogP) is 1.62. The van der Waals surface area contributed by atoms with Gasteiger partial charge in [0.25, 0.3) is 0 Å². The van der Waals surface area contributed by atoms with Gasteiger partial charge in [-0.25, -0.2) is 0 Å². The summed E-state index contributed by atoms with van der Waals surface area (Å²) in [4.78, 5) is 23.7. The number of aliphatic carboxylic acids is 1. The molecule has 0 saturated carbocycles. The predicted molar refractivity (Wildman–Crippen MR) is 91.0 cm³/mol. The molecule has 0 aliphatic carbocycles. The molecular weight excluding hydrogens is 301 g/mol. The number of hydrogen-bond acceptors (Lipinski definition) is 2. The van der Waals surface area contributed by atoms with Crippen LogP contribution in [-0.4, -0.2) is 35.5 Å². The third-order valence-electron chi connectivity index (χ3n) is 4.08. The molecule has 0 aromatic heterocycles.